The van der Waals surface area contributed by atoms with Crippen LogP contribution in [-0.2, 0) is 14.3 Å². The Bertz CT molecular complexity index is 267. The second-order valence-electron chi connectivity index (χ2n) is 4.26. The molecule has 1 heterocycles. The van der Waals surface area contributed by atoms with Crippen LogP contribution >= 0.6 is 12.6 Å². The highest BCUT2D eigenvalue weighted by molar-refractivity contribution is 7.80. The molecule has 5 nitrogen and oxygen atoms in total. The molecule has 0 aromatic rings. The van der Waals surface area contributed by atoms with Crippen molar-refractivity contribution in [2.75, 3.05) is 25.5 Å². The predicted molar refractivity (Wildman–Crippen MR) is 68.0 cm³/mol. The third-order valence-corrected chi connectivity index (χ3v) is 3.06. The molecule has 2 atom stereocenters. The average molecular weight is 260 g/mol. The summed E-state index contributed by atoms with van der Waals surface area (Å²) in [6.07, 6.45) is 2.12. The third-order valence-electron chi connectivity index (χ3n) is 2.70. The van der Waals surface area contributed by atoms with Gasteiger partial charge in [0, 0.05) is 25.8 Å². The van der Waals surface area contributed by atoms with Crippen molar-refractivity contribution >= 4 is 24.4 Å². The van der Waals surface area contributed by atoms with Crippen molar-refractivity contribution in [1.29, 1.82) is 0 Å². The molecule has 98 valence electrons. The fourth-order valence-electron chi connectivity index (χ4n) is 1.78. The first-order chi connectivity index (χ1) is 8.13. The topological polar surface area (TPSA) is 67.4 Å². The number of hydrogen-bond acceptors (Lipinski definition) is 4. The van der Waals surface area contributed by atoms with Crippen molar-refractivity contribution in [3.05, 3.63) is 0 Å². The largest absolute Gasteiger partial charge is 0.381 e. The Kier molecular flexibility index (Phi) is 6.36. The van der Waals surface area contributed by atoms with E-state index >= 15 is 0 Å². The summed E-state index contributed by atoms with van der Waals surface area (Å²) < 4.78 is 5.33. The molecule has 0 aliphatic carbocycles. The zero-order valence-corrected chi connectivity index (χ0v) is 11.0. The second-order valence-corrected chi connectivity index (χ2v) is 4.63. The standard InChI is InChI=1S/C11H20N2O3S/c1-8(14)13-10(7-17)11(15)12-5-9-3-2-4-16-6-9/h9-10,17H,2-7H2,1H3,(H,12,15)(H,13,14). The number of amides is 2. The molecule has 1 aliphatic heterocycles. The lowest BCUT2D eigenvalue weighted by Gasteiger charge is -2.23. The van der Waals surface area contributed by atoms with Gasteiger partial charge in [0.05, 0.1) is 6.61 Å². The summed E-state index contributed by atoms with van der Waals surface area (Å²) in [5.74, 6) is 0.276. The molecular weight excluding hydrogens is 240 g/mol. The van der Waals surface area contributed by atoms with Crippen LogP contribution < -0.4 is 10.6 Å². The number of rotatable bonds is 5. The molecule has 17 heavy (non-hydrogen) atoms. The zero-order valence-electron chi connectivity index (χ0n) is 10.1. The molecule has 0 radical (unpaired) electrons. The highest BCUT2D eigenvalue weighted by atomic mass is 32.1. The Labute approximate surface area is 107 Å². The highest BCUT2D eigenvalue weighted by Gasteiger charge is 2.20. The minimum Gasteiger partial charge on any atom is -0.381 e. The predicted octanol–water partition coefficient (Wildman–Crippen LogP) is -0.0363. The van der Waals surface area contributed by atoms with Crippen LogP contribution in [0.4, 0.5) is 0 Å². The lowest BCUT2D eigenvalue weighted by atomic mass is 10.0. The van der Waals surface area contributed by atoms with Gasteiger partial charge in [0.2, 0.25) is 11.8 Å². The van der Waals surface area contributed by atoms with Crippen molar-refractivity contribution < 1.29 is 14.3 Å². The van der Waals surface area contributed by atoms with Crippen molar-refractivity contribution in [2.45, 2.75) is 25.8 Å². The minimum atomic E-state index is -0.555. The molecule has 2 amide bonds. The number of carbonyl (C=O) groups excluding carboxylic acids is 2. The van der Waals surface area contributed by atoms with Crippen LogP contribution in [0.25, 0.3) is 0 Å². The van der Waals surface area contributed by atoms with E-state index in [4.69, 9.17) is 4.74 Å². The minimum absolute atomic E-state index is 0.180. The monoisotopic (exact) mass is 260 g/mol. The Hall–Kier alpha value is -0.750. The van der Waals surface area contributed by atoms with Crippen LogP contribution in [0.1, 0.15) is 19.8 Å². The van der Waals surface area contributed by atoms with Gasteiger partial charge in [0.15, 0.2) is 0 Å². The number of hydrogen-bond donors (Lipinski definition) is 3. The van der Waals surface area contributed by atoms with E-state index in [1.807, 2.05) is 0 Å². The molecule has 0 aromatic carbocycles. The van der Waals surface area contributed by atoms with Crippen molar-refractivity contribution in [3.8, 4) is 0 Å². The summed E-state index contributed by atoms with van der Waals surface area (Å²) in [4.78, 5) is 22.6. The van der Waals surface area contributed by atoms with Gasteiger partial charge in [0.1, 0.15) is 6.04 Å². The number of thiol groups is 1. The van der Waals surface area contributed by atoms with Crippen LogP contribution in [0.3, 0.4) is 0 Å². The Balaban J connectivity index is 2.28. The quantitative estimate of drug-likeness (QED) is 0.608. The number of carbonyl (C=O) groups is 2. The first-order valence-corrected chi connectivity index (χ1v) is 6.50. The Morgan fingerprint density at radius 3 is 2.82 bits per heavy atom. The Morgan fingerprint density at radius 1 is 1.53 bits per heavy atom. The fraction of sp³-hybridized carbons (Fsp3) is 0.818. The zero-order chi connectivity index (χ0) is 12.7. The summed E-state index contributed by atoms with van der Waals surface area (Å²) >= 11 is 4.05. The van der Waals surface area contributed by atoms with E-state index in [9.17, 15) is 9.59 Å². The maximum absolute atomic E-state index is 11.7. The molecule has 6 heteroatoms. The maximum Gasteiger partial charge on any atom is 0.243 e. The van der Waals surface area contributed by atoms with Gasteiger partial charge in [-0.05, 0) is 18.8 Å². The molecule has 1 aliphatic rings. The maximum atomic E-state index is 11.7. The smallest absolute Gasteiger partial charge is 0.243 e. The van der Waals surface area contributed by atoms with Crippen LogP contribution in [0.2, 0.25) is 0 Å². The summed E-state index contributed by atoms with van der Waals surface area (Å²) in [7, 11) is 0. The number of nitrogens with one attached hydrogen (secondary N) is 2. The summed E-state index contributed by atoms with van der Waals surface area (Å²) in [6, 6.07) is -0.555. The van der Waals surface area contributed by atoms with Gasteiger partial charge in [-0.15, -0.1) is 0 Å². The van der Waals surface area contributed by atoms with Crippen molar-refractivity contribution in [3.63, 3.8) is 0 Å². The van der Waals surface area contributed by atoms with Gasteiger partial charge in [-0.3, -0.25) is 9.59 Å². The van der Waals surface area contributed by atoms with Gasteiger partial charge < -0.3 is 15.4 Å². The van der Waals surface area contributed by atoms with Gasteiger partial charge in [-0.1, -0.05) is 0 Å². The van der Waals surface area contributed by atoms with Gasteiger partial charge >= 0.3 is 0 Å². The van der Waals surface area contributed by atoms with Crippen LogP contribution in [0.5, 0.6) is 0 Å². The van der Waals surface area contributed by atoms with E-state index < -0.39 is 6.04 Å². The normalized spacial score (nSPS) is 21.6. The molecule has 0 bridgehead atoms. The van der Waals surface area contributed by atoms with E-state index in [0.29, 0.717) is 24.8 Å². The lowest BCUT2D eigenvalue weighted by molar-refractivity contribution is -0.127. The summed E-state index contributed by atoms with van der Waals surface area (Å²) in [6.45, 7) is 3.50. The Morgan fingerprint density at radius 2 is 2.29 bits per heavy atom. The molecule has 2 unspecified atom stereocenters. The SMILES string of the molecule is CC(=O)NC(CS)C(=O)NCC1CCCOC1. The van der Waals surface area contributed by atoms with Gasteiger partial charge in [-0.25, -0.2) is 0 Å². The van der Waals surface area contributed by atoms with Crippen molar-refractivity contribution in [1.82, 2.24) is 10.6 Å². The molecule has 0 spiro atoms. The molecule has 1 rings (SSSR count). The summed E-state index contributed by atoms with van der Waals surface area (Å²) in [5.41, 5.74) is 0. The first-order valence-electron chi connectivity index (χ1n) is 5.87. The third kappa shape index (κ3) is 5.41. The van der Waals surface area contributed by atoms with Crippen LogP contribution in [-0.4, -0.2) is 43.4 Å². The van der Waals surface area contributed by atoms with Gasteiger partial charge in [-0.2, -0.15) is 12.6 Å². The molecule has 1 saturated heterocycles. The molecule has 0 aromatic heterocycles. The number of ether oxygens (including phenoxy) is 1. The van der Waals surface area contributed by atoms with Gasteiger partial charge in [0.25, 0.3) is 0 Å². The van der Waals surface area contributed by atoms with Crippen LogP contribution in [0.15, 0.2) is 0 Å². The first kappa shape index (κ1) is 14.3. The molecule has 0 saturated carbocycles. The van der Waals surface area contributed by atoms with E-state index in [1.54, 1.807) is 0 Å². The molecular formula is C11H20N2O3S. The van der Waals surface area contributed by atoms with Crippen LogP contribution in [0, 0.1) is 5.92 Å². The van der Waals surface area contributed by atoms with E-state index in [1.165, 1.54) is 6.92 Å². The lowest BCUT2D eigenvalue weighted by Crippen LogP contribution is -2.48. The van der Waals surface area contributed by atoms with E-state index in [-0.39, 0.29) is 11.8 Å². The fourth-order valence-corrected chi connectivity index (χ4v) is 2.03. The van der Waals surface area contributed by atoms with E-state index in [0.717, 1.165) is 19.4 Å². The second kappa shape index (κ2) is 7.55. The summed E-state index contributed by atoms with van der Waals surface area (Å²) in [5, 5.41) is 5.38. The molecule has 1 fully saturated rings. The average Bonchev–Trinajstić information content (AvgIpc) is 2.34. The highest BCUT2D eigenvalue weighted by Crippen LogP contribution is 2.12. The molecule has 2 N–H and O–H groups in total. The van der Waals surface area contributed by atoms with Crippen molar-refractivity contribution in [2.24, 2.45) is 5.92 Å². The van der Waals surface area contributed by atoms with E-state index in [2.05, 4.69) is 23.3 Å².